The van der Waals surface area contributed by atoms with Gasteiger partial charge in [0.15, 0.2) is 6.29 Å². The van der Waals surface area contributed by atoms with Crippen LogP contribution in [0.3, 0.4) is 0 Å². The highest BCUT2D eigenvalue weighted by molar-refractivity contribution is 6.36. The lowest BCUT2D eigenvalue weighted by atomic mass is 9.63. The van der Waals surface area contributed by atoms with E-state index in [0.717, 1.165) is 5.56 Å². The minimum absolute atomic E-state index is 0.0732. The normalized spacial score (nSPS) is 20.5. The lowest BCUT2D eigenvalue weighted by Crippen LogP contribution is -2.56. The number of carbonyl (C=O) groups is 3. The van der Waals surface area contributed by atoms with Crippen molar-refractivity contribution in [3.05, 3.63) is 92.7 Å². The van der Waals surface area contributed by atoms with Crippen LogP contribution < -0.4 is 5.32 Å². The van der Waals surface area contributed by atoms with Gasteiger partial charge in [-0.05, 0) is 43.4 Å². The number of hydrogen-bond donors (Lipinski definition) is 4. The van der Waals surface area contributed by atoms with Crippen molar-refractivity contribution in [1.82, 2.24) is 15.1 Å². The molecule has 2 aromatic carbocycles. The summed E-state index contributed by atoms with van der Waals surface area (Å²) in [4.78, 5) is 42.5. The number of carbonyl (C=O) groups excluding carboxylic acids is 1. The van der Waals surface area contributed by atoms with E-state index in [4.69, 9.17) is 23.2 Å². The molecule has 0 spiro atoms. The lowest BCUT2D eigenvalue weighted by Gasteiger charge is -2.47. The maximum atomic E-state index is 13.4. The molecule has 2 heterocycles. The van der Waals surface area contributed by atoms with E-state index >= 15 is 0 Å². The number of halogens is 2. The molecule has 2 unspecified atom stereocenters. The monoisotopic (exact) mass is 601 g/mol. The summed E-state index contributed by atoms with van der Waals surface area (Å²) in [6.07, 6.45) is 1.75. The highest BCUT2D eigenvalue weighted by Crippen LogP contribution is 2.53. The van der Waals surface area contributed by atoms with Crippen LogP contribution in [-0.4, -0.2) is 82.3 Å². The van der Waals surface area contributed by atoms with Crippen LogP contribution >= 0.6 is 23.2 Å². The maximum Gasteiger partial charge on any atom is 0.334 e. The largest absolute Gasteiger partial charge is 0.478 e. The molecule has 0 saturated carbocycles. The van der Waals surface area contributed by atoms with Gasteiger partial charge in [0.2, 0.25) is 0 Å². The van der Waals surface area contributed by atoms with Crippen molar-refractivity contribution < 1.29 is 29.7 Å². The SMILES string of the molecule is O=CC(N1CCNCC1)N1C=C(C(=O)O)C(CCCO)(c2c(Cl)cccc2Cl)C(C(=O)O)=C1CCc1ccccc1. The zero-order chi connectivity index (χ0) is 29.6. The van der Waals surface area contributed by atoms with Gasteiger partial charge in [0, 0.05) is 60.3 Å². The Morgan fingerprint density at radius 1 is 0.976 bits per heavy atom. The molecule has 0 amide bonds. The van der Waals surface area contributed by atoms with Gasteiger partial charge < -0.3 is 25.5 Å². The number of benzene rings is 2. The second-order valence-corrected chi connectivity index (χ2v) is 10.8. The van der Waals surface area contributed by atoms with E-state index in [1.807, 2.05) is 35.2 Å². The Labute approximate surface area is 248 Å². The number of aryl methyl sites for hydroxylation is 1. The molecule has 11 heteroatoms. The molecule has 2 aliphatic rings. The van der Waals surface area contributed by atoms with Gasteiger partial charge in [-0.3, -0.25) is 9.69 Å². The Hall–Kier alpha value is -3.21. The van der Waals surface area contributed by atoms with Crippen LogP contribution in [0.5, 0.6) is 0 Å². The van der Waals surface area contributed by atoms with Gasteiger partial charge >= 0.3 is 11.9 Å². The number of aldehydes is 1. The fourth-order valence-corrected chi connectivity index (χ4v) is 6.67. The number of carboxylic acid groups (broad SMARTS) is 2. The topological polar surface area (TPSA) is 130 Å². The van der Waals surface area contributed by atoms with Gasteiger partial charge in [-0.1, -0.05) is 59.6 Å². The van der Waals surface area contributed by atoms with Crippen LogP contribution in [0.4, 0.5) is 0 Å². The minimum atomic E-state index is -1.81. The van der Waals surface area contributed by atoms with Crippen molar-refractivity contribution in [1.29, 1.82) is 0 Å². The number of nitrogens with one attached hydrogen (secondary N) is 1. The summed E-state index contributed by atoms with van der Waals surface area (Å²) < 4.78 is 0. The van der Waals surface area contributed by atoms with Gasteiger partial charge in [0.1, 0.15) is 6.17 Å². The van der Waals surface area contributed by atoms with E-state index in [9.17, 15) is 29.7 Å². The summed E-state index contributed by atoms with van der Waals surface area (Å²) in [6.45, 7) is 1.95. The minimum Gasteiger partial charge on any atom is -0.478 e. The van der Waals surface area contributed by atoms with Gasteiger partial charge in [0.05, 0.1) is 16.6 Å². The van der Waals surface area contributed by atoms with Crippen LogP contribution in [0.1, 0.15) is 30.4 Å². The van der Waals surface area contributed by atoms with Crippen LogP contribution in [0, 0.1) is 0 Å². The number of carboxylic acids is 2. The van der Waals surface area contributed by atoms with E-state index in [0.29, 0.717) is 38.9 Å². The second-order valence-electron chi connectivity index (χ2n) is 10.0. The standard InChI is InChI=1S/C30H33Cl2N3O6/c31-22-8-4-9-23(32)26(22)30(12-5-17-36)21(28(38)39)18-35(25(19-37)34-15-13-33-14-16-34)24(27(30)29(40)41)11-10-20-6-2-1-3-7-20/h1-4,6-9,18-19,25,33,36H,5,10-17H2,(H,38,39)(H,40,41). The smallest absolute Gasteiger partial charge is 0.334 e. The Morgan fingerprint density at radius 3 is 2.20 bits per heavy atom. The summed E-state index contributed by atoms with van der Waals surface area (Å²) in [7, 11) is 0. The third-order valence-electron chi connectivity index (χ3n) is 7.72. The molecule has 1 fully saturated rings. The molecule has 2 aliphatic heterocycles. The lowest BCUT2D eigenvalue weighted by molar-refractivity contribution is -0.135. The third kappa shape index (κ3) is 6.19. The summed E-state index contributed by atoms with van der Waals surface area (Å²) in [5.74, 6) is -2.74. The molecule has 2 atom stereocenters. The molecule has 0 aliphatic carbocycles. The van der Waals surface area contributed by atoms with Crippen molar-refractivity contribution in [2.75, 3.05) is 32.8 Å². The quantitative estimate of drug-likeness (QED) is 0.269. The summed E-state index contributed by atoms with van der Waals surface area (Å²) in [6, 6.07) is 14.2. The molecular weight excluding hydrogens is 569 g/mol. The van der Waals surface area contributed by atoms with E-state index in [1.165, 1.54) is 23.2 Å². The highest BCUT2D eigenvalue weighted by atomic mass is 35.5. The Balaban J connectivity index is 2.05. The van der Waals surface area contributed by atoms with Gasteiger partial charge in [-0.15, -0.1) is 0 Å². The third-order valence-corrected chi connectivity index (χ3v) is 8.35. The number of rotatable bonds is 12. The molecule has 218 valence electrons. The Morgan fingerprint density at radius 2 is 1.63 bits per heavy atom. The van der Waals surface area contributed by atoms with Crippen molar-refractivity contribution in [2.24, 2.45) is 0 Å². The first-order chi connectivity index (χ1) is 19.8. The molecular formula is C30H33Cl2N3O6. The number of piperazine rings is 1. The van der Waals surface area contributed by atoms with Crippen LogP contribution in [0.2, 0.25) is 10.0 Å². The van der Waals surface area contributed by atoms with Crippen LogP contribution in [-0.2, 0) is 26.2 Å². The molecule has 4 N–H and O–H groups in total. The fraction of sp³-hybridized carbons (Fsp3) is 0.367. The molecule has 0 aromatic heterocycles. The zero-order valence-corrected chi connectivity index (χ0v) is 23.9. The molecule has 41 heavy (non-hydrogen) atoms. The maximum absolute atomic E-state index is 13.4. The summed E-state index contributed by atoms with van der Waals surface area (Å²) >= 11 is 13.3. The number of aliphatic hydroxyl groups excluding tert-OH is 1. The van der Waals surface area contributed by atoms with E-state index in [1.54, 1.807) is 6.07 Å². The molecule has 0 radical (unpaired) electrons. The number of hydrogen-bond acceptors (Lipinski definition) is 7. The van der Waals surface area contributed by atoms with Gasteiger partial charge in [0.25, 0.3) is 0 Å². The number of allylic oxidation sites excluding steroid dienone is 1. The molecule has 1 saturated heterocycles. The first-order valence-electron chi connectivity index (χ1n) is 13.5. The number of nitrogens with zero attached hydrogens (tertiary/aromatic N) is 2. The van der Waals surface area contributed by atoms with Crippen molar-refractivity contribution in [2.45, 2.75) is 37.3 Å². The van der Waals surface area contributed by atoms with Crippen molar-refractivity contribution in [3.8, 4) is 0 Å². The second kappa shape index (κ2) is 13.6. The summed E-state index contributed by atoms with van der Waals surface area (Å²) in [5.41, 5.74) is -0.947. The highest BCUT2D eigenvalue weighted by Gasteiger charge is 2.53. The van der Waals surface area contributed by atoms with Crippen molar-refractivity contribution in [3.63, 3.8) is 0 Å². The average Bonchev–Trinajstić information content (AvgIpc) is 2.96. The first kappa shape index (κ1) is 30.7. The fourth-order valence-electron chi connectivity index (χ4n) is 5.95. The van der Waals surface area contributed by atoms with E-state index in [2.05, 4.69) is 5.32 Å². The van der Waals surface area contributed by atoms with Gasteiger partial charge in [-0.2, -0.15) is 0 Å². The Kier molecular flexibility index (Phi) is 10.2. The van der Waals surface area contributed by atoms with Crippen LogP contribution in [0.25, 0.3) is 0 Å². The molecule has 2 aromatic rings. The predicted octanol–water partition coefficient (Wildman–Crippen LogP) is 3.69. The zero-order valence-electron chi connectivity index (χ0n) is 22.4. The number of aliphatic hydroxyl groups is 1. The predicted molar refractivity (Wildman–Crippen MR) is 156 cm³/mol. The summed E-state index contributed by atoms with van der Waals surface area (Å²) in [5, 5.41) is 34.8. The molecule has 0 bridgehead atoms. The van der Waals surface area contributed by atoms with E-state index < -0.39 is 23.5 Å². The first-order valence-corrected chi connectivity index (χ1v) is 14.2. The Bertz CT molecular complexity index is 1320. The number of aliphatic carboxylic acids is 2. The average molecular weight is 603 g/mol. The molecule has 4 rings (SSSR count). The molecule has 9 nitrogen and oxygen atoms in total. The van der Waals surface area contributed by atoms with E-state index in [-0.39, 0.29) is 58.3 Å². The van der Waals surface area contributed by atoms with Crippen LogP contribution in [0.15, 0.2) is 71.6 Å². The van der Waals surface area contributed by atoms with Gasteiger partial charge in [-0.25, -0.2) is 9.59 Å². The van der Waals surface area contributed by atoms with Crippen molar-refractivity contribution >= 4 is 41.4 Å².